The number of ether oxygens (including phenoxy) is 1. The smallest absolute Gasteiger partial charge is 0.340 e. The van der Waals surface area contributed by atoms with Crippen LogP contribution in [-0.2, 0) is 0 Å². The van der Waals surface area contributed by atoms with Gasteiger partial charge in [-0.05, 0) is 28.8 Å². The summed E-state index contributed by atoms with van der Waals surface area (Å²) in [6, 6.07) is 1.27. The molecule has 0 unspecified atom stereocenters. The molecular formula is C10H9BrF4N2O. The van der Waals surface area contributed by atoms with Gasteiger partial charge < -0.3 is 4.74 Å². The van der Waals surface area contributed by atoms with Gasteiger partial charge in [-0.1, -0.05) is 0 Å². The third kappa shape index (κ3) is 3.30. The quantitative estimate of drug-likeness (QED) is 0.613. The summed E-state index contributed by atoms with van der Waals surface area (Å²) >= 11 is 3.09. The van der Waals surface area contributed by atoms with Gasteiger partial charge in [-0.25, -0.2) is 13.8 Å². The maximum atomic E-state index is 12.7. The van der Waals surface area contributed by atoms with Gasteiger partial charge >= 0.3 is 12.3 Å². The van der Waals surface area contributed by atoms with Crippen molar-refractivity contribution in [3.05, 3.63) is 16.5 Å². The summed E-state index contributed by atoms with van der Waals surface area (Å²) < 4.78 is 54.2. The van der Waals surface area contributed by atoms with Gasteiger partial charge in [0.05, 0.1) is 0 Å². The maximum Gasteiger partial charge on any atom is 0.340 e. The first-order chi connectivity index (χ1) is 8.38. The molecule has 1 aromatic rings. The number of halogens is 5. The van der Waals surface area contributed by atoms with Crippen LogP contribution in [0.3, 0.4) is 0 Å². The highest BCUT2D eigenvalue weighted by molar-refractivity contribution is 9.10. The minimum Gasteiger partial charge on any atom is -0.471 e. The molecule has 0 atom stereocenters. The summed E-state index contributed by atoms with van der Waals surface area (Å²) in [6.07, 6.45) is -1.89. The van der Waals surface area contributed by atoms with Gasteiger partial charge in [0.1, 0.15) is 10.4 Å². The highest BCUT2D eigenvalue weighted by Crippen LogP contribution is 2.39. The SMILES string of the molecule is FC(F)C(F)(F)COc1cc(Br)nc(C2CC2)n1. The Morgan fingerprint density at radius 1 is 1.39 bits per heavy atom. The number of rotatable bonds is 5. The first-order valence-electron chi connectivity index (χ1n) is 5.22. The number of hydrogen-bond donors (Lipinski definition) is 0. The van der Waals surface area contributed by atoms with Crippen molar-refractivity contribution < 1.29 is 22.3 Å². The zero-order valence-corrected chi connectivity index (χ0v) is 10.6. The molecule has 0 saturated heterocycles. The van der Waals surface area contributed by atoms with Gasteiger partial charge in [0.25, 0.3) is 0 Å². The zero-order chi connectivity index (χ0) is 13.3. The predicted molar refractivity (Wildman–Crippen MR) is 58.2 cm³/mol. The van der Waals surface area contributed by atoms with Crippen LogP contribution in [0.4, 0.5) is 17.6 Å². The van der Waals surface area contributed by atoms with Crippen LogP contribution in [0.5, 0.6) is 5.88 Å². The molecule has 2 rings (SSSR count). The van der Waals surface area contributed by atoms with Crippen molar-refractivity contribution in [2.45, 2.75) is 31.1 Å². The molecule has 1 fully saturated rings. The molecule has 0 aliphatic heterocycles. The van der Waals surface area contributed by atoms with Crippen molar-refractivity contribution in [1.29, 1.82) is 0 Å². The van der Waals surface area contributed by atoms with E-state index in [0.717, 1.165) is 12.8 Å². The predicted octanol–water partition coefficient (Wildman–Crippen LogP) is 3.40. The molecule has 0 aromatic carbocycles. The Hall–Kier alpha value is -0.920. The van der Waals surface area contributed by atoms with Crippen LogP contribution in [0.15, 0.2) is 10.7 Å². The molecule has 1 heterocycles. The van der Waals surface area contributed by atoms with Gasteiger partial charge in [-0.15, -0.1) is 0 Å². The number of hydrogen-bond acceptors (Lipinski definition) is 3. The Bertz CT molecular complexity index is 440. The normalized spacial score (nSPS) is 16.1. The van der Waals surface area contributed by atoms with Gasteiger partial charge in [0.15, 0.2) is 6.61 Å². The summed E-state index contributed by atoms with van der Waals surface area (Å²) in [7, 11) is 0. The van der Waals surface area contributed by atoms with Crippen LogP contribution >= 0.6 is 15.9 Å². The Labute approximate surface area is 109 Å². The fraction of sp³-hybridized carbons (Fsp3) is 0.600. The Morgan fingerprint density at radius 3 is 2.61 bits per heavy atom. The van der Waals surface area contributed by atoms with Crippen molar-refractivity contribution in [3.8, 4) is 5.88 Å². The van der Waals surface area contributed by atoms with Gasteiger partial charge in [-0.2, -0.15) is 13.8 Å². The van der Waals surface area contributed by atoms with Crippen molar-refractivity contribution >= 4 is 15.9 Å². The first kappa shape index (κ1) is 13.5. The topological polar surface area (TPSA) is 35.0 Å². The van der Waals surface area contributed by atoms with E-state index in [2.05, 4.69) is 30.6 Å². The largest absolute Gasteiger partial charge is 0.471 e. The molecule has 100 valence electrons. The molecule has 1 aromatic heterocycles. The standard InChI is InChI=1S/C10H9BrF4N2O/c11-6-3-7(17-8(16-6)5-1-2-5)18-4-10(14,15)9(12)13/h3,5,9H,1-2,4H2. The van der Waals surface area contributed by atoms with E-state index in [9.17, 15) is 17.6 Å². The third-order valence-electron chi connectivity index (χ3n) is 2.36. The van der Waals surface area contributed by atoms with E-state index in [0.29, 0.717) is 10.4 Å². The summed E-state index contributed by atoms with van der Waals surface area (Å²) in [6.45, 7) is -1.40. The van der Waals surface area contributed by atoms with Crippen molar-refractivity contribution in [3.63, 3.8) is 0 Å². The zero-order valence-electron chi connectivity index (χ0n) is 9.05. The molecule has 1 aliphatic carbocycles. The third-order valence-corrected chi connectivity index (χ3v) is 2.77. The minimum absolute atomic E-state index is 0.126. The Morgan fingerprint density at radius 2 is 2.06 bits per heavy atom. The molecule has 0 bridgehead atoms. The van der Waals surface area contributed by atoms with Gasteiger partial charge in [-0.3, -0.25) is 0 Å². The number of nitrogens with zero attached hydrogens (tertiary/aromatic N) is 2. The molecular weight excluding hydrogens is 320 g/mol. The van der Waals surface area contributed by atoms with Crippen molar-refractivity contribution in [2.75, 3.05) is 6.61 Å². The van der Waals surface area contributed by atoms with Crippen LogP contribution in [0.25, 0.3) is 0 Å². The highest BCUT2D eigenvalue weighted by Gasteiger charge is 2.42. The average Bonchev–Trinajstić information content (AvgIpc) is 3.09. The van der Waals surface area contributed by atoms with Crippen molar-refractivity contribution in [1.82, 2.24) is 9.97 Å². The van der Waals surface area contributed by atoms with Crippen LogP contribution in [-0.4, -0.2) is 28.9 Å². The fourth-order valence-corrected chi connectivity index (χ4v) is 1.62. The van der Waals surface area contributed by atoms with Gasteiger partial charge in [0.2, 0.25) is 5.88 Å². The lowest BCUT2D eigenvalue weighted by Crippen LogP contribution is -2.34. The highest BCUT2D eigenvalue weighted by atomic mass is 79.9. The molecule has 1 saturated carbocycles. The average molecular weight is 329 g/mol. The molecule has 0 radical (unpaired) electrons. The summed E-state index contributed by atoms with van der Waals surface area (Å²) in [5.74, 6) is -3.61. The Balaban J connectivity index is 2.05. The van der Waals surface area contributed by atoms with Gasteiger partial charge in [0, 0.05) is 12.0 Å². The maximum absolute atomic E-state index is 12.7. The first-order valence-corrected chi connectivity index (χ1v) is 6.01. The van der Waals surface area contributed by atoms with Crippen LogP contribution in [0, 0.1) is 0 Å². The van der Waals surface area contributed by atoms with E-state index in [1.54, 1.807) is 0 Å². The molecule has 1 aliphatic rings. The van der Waals surface area contributed by atoms with Crippen LogP contribution < -0.4 is 4.74 Å². The fourth-order valence-electron chi connectivity index (χ4n) is 1.24. The van der Waals surface area contributed by atoms with Crippen LogP contribution in [0.2, 0.25) is 0 Å². The second-order valence-electron chi connectivity index (χ2n) is 4.01. The second-order valence-corrected chi connectivity index (χ2v) is 4.82. The summed E-state index contributed by atoms with van der Waals surface area (Å²) in [5, 5.41) is 0. The molecule has 0 spiro atoms. The molecule has 0 amide bonds. The monoisotopic (exact) mass is 328 g/mol. The lowest BCUT2D eigenvalue weighted by atomic mass is 10.4. The minimum atomic E-state index is -4.18. The van der Waals surface area contributed by atoms with Crippen LogP contribution in [0.1, 0.15) is 24.6 Å². The number of alkyl halides is 4. The molecule has 18 heavy (non-hydrogen) atoms. The lowest BCUT2D eigenvalue weighted by molar-refractivity contribution is -0.148. The lowest BCUT2D eigenvalue weighted by Gasteiger charge is -2.15. The summed E-state index contributed by atoms with van der Waals surface area (Å²) in [5.41, 5.74) is 0. The van der Waals surface area contributed by atoms with E-state index >= 15 is 0 Å². The molecule has 0 N–H and O–H groups in total. The van der Waals surface area contributed by atoms with E-state index in [-0.39, 0.29) is 11.8 Å². The Kier molecular flexibility index (Phi) is 3.74. The molecule has 8 heteroatoms. The number of aromatic nitrogens is 2. The van der Waals surface area contributed by atoms with E-state index in [1.165, 1.54) is 6.07 Å². The second kappa shape index (κ2) is 4.99. The summed E-state index contributed by atoms with van der Waals surface area (Å²) in [4.78, 5) is 7.98. The molecule has 3 nitrogen and oxygen atoms in total. The van der Waals surface area contributed by atoms with Crippen molar-refractivity contribution in [2.24, 2.45) is 0 Å². The van der Waals surface area contributed by atoms with E-state index in [1.807, 2.05) is 0 Å². The van der Waals surface area contributed by atoms with E-state index < -0.39 is 19.0 Å². The van der Waals surface area contributed by atoms with E-state index in [4.69, 9.17) is 0 Å².